The molecule has 0 unspecified atom stereocenters. The highest BCUT2D eigenvalue weighted by Crippen LogP contribution is 2.14. The van der Waals surface area contributed by atoms with Crippen LogP contribution in [0.4, 0.5) is 0 Å². The minimum Gasteiger partial charge on any atom is -0.339 e. The number of rotatable bonds is 4. The summed E-state index contributed by atoms with van der Waals surface area (Å²) in [7, 11) is 0. The SMILES string of the molecule is Cc1ccc(C(=O)c2cccn2Cc2cnc3ncccc3n2)cc1. The van der Waals surface area contributed by atoms with E-state index in [1.54, 1.807) is 12.4 Å². The molecule has 0 radical (unpaired) electrons. The number of aromatic nitrogens is 4. The molecule has 122 valence electrons. The first-order valence-electron chi connectivity index (χ1n) is 8.04. The third-order valence-corrected chi connectivity index (χ3v) is 4.07. The van der Waals surface area contributed by atoms with Crippen molar-refractivity contribution in [3.63, 3.8) is 0 Å². The smallest absolute Gasteiger partial charge is 0.209 e. The molecule has 1 aromatic carbocycles. The molecule has 0 aliphatic rings. The normalized spacial score (nSPS) is 10.9. The van der Waals surface area contributed by atoms with Gasteiger partial charge in [0.25, 0.3) is 0 Å². The van der Waals surface area contributed by atoms with Crippen LogP contribution < -0.4 is 0 Å². The van der Waals surface area contributed by atoms with Crippen LogP contribution in [0.5, 0.6) is 0 Å². The minimum absolute atomic E-state index is 0.000384. The largest absolute Gasteiger partial charge is 0.339 e. The lowest BCUT2D eigenvalue weighted by Gasteiger charge is -2.09. The Morgan fingerprint density at radius 1 is 1.04 bits per heavy atom. The van der Waals surface area contributed by atoms with Crippen molar-refractivity contribution in [2.45, 2.75) is 13.5 Å². The maximum atomic E-state index is 12.8. The van der Waals surface area contributed by atoms with Crippen molar-refractivity contribution in [3.05, 3.63) is 89.6 Å². The third-order valence-electron chi connectivity index (χ3n) is 4.07. The summed E-state index contributed by atoms with van der Waals surface area (Å²) in [5.74, 6) is 0.000384. The van der Waals surface area contributed by atoms with Crippen LogP contribution in [0.3, 0.4) is 0 Å². The summed E-state index contributed by atoms with van der Waals surface area (Å²) in [6.07, 6.45) is 5.28. The molecule has 5 nitrogen and oxygen atoms in total. The molecule has 0 saturated carbocycles. The summed E-state index contributed by atoms with van der Waals surface area (Å²) in [6.45, 7) is 2.49. The van der Waals surface area contributed by atoms with Gasteiger partial charge >= 0.3 is 0 Å². The van der Waals surface area contributed by atoms with Crippen molar-refractivity contribution in [3.8, 4) is 0 Å². The molecule has 3 heterocycles. The van der Waals surface area contributed by atoms with Crippen LogP contribution in [-0.2, 0) is 6.54 Å². The lowest BCUT2D eigenvalue weighted by atomic mass is 10.1. The molecule has 0 N–H and O–H groups in total. The van der Waals surface area contributed by atoms with Gasteiger partial charge in [0.05, 0.1) is 24.1 Å². The molecule has 0 spiro atoms. The molecule has 0 atom stereocenters. The predicted molar refractivity (Wildman–Crippen MR) is 95.5 cm³/mol. The van der Waals surface area contributed by atoms with Crippen LogP contribution >= 0.6 is 0 Å². The fraction of sp³-hybridized carbons (Fsp3) is 0.100. The average molecular weight is 328 g/mol. The number of nitrogens with zero attached hydrogens (tertiary/aromatic N) is 4. The van der Waals surface area contributed by atoms with Crippen molar-refractivity contribution in [1.82, 2.24) is 19.5 Å². The number of benzene rings is 1. The molecule has 4 aromatic rings. The molecular weight excluding hydrogens is 312 g/mol. The highest BCUT2D eigenvalue weighted by atomic mass is 16.1. The van der Waals surface area contributed by atoms with Gasteiger partial charge in [0.15, 0.2) is 5.65 Å². The van der Waals surface area contributed by atoms with Crippen LogP contribution in [0, 0.1) is 6.92 Å². The van der Waals surface area contributed by atoms with Gasteiger partial charge < -0.3 is 4.57 Å². The lowest BCUT2D eigenvalue weighted by Crippen LogP contribution is -2.11. The molecule has 0 aliphatic heterocycles. The van der Waals surface area contributed by atoms with Crippen molar-refractivity contribution < 1.29 is 4.79 Å². The maximum absolute atomic E-state index is 12.8. The molecule has 4 rings (SSSR count). The zero-order valence-electron chi connectivity index (χ0n) is 13.8. The summed E-state index contributed by atoms with van der Waals surface area (Å²) in [5, 5.41) is 0. The number of fused-ring (bicyclic) bond motifs is 1. The van der Waals surface area contributed by atoms with Gasteiger partial charge in [-0.1, -0.05) is 29.8 Å². The molecule has 5 heteroatoms. The van der Waals surface area contributed by atoms with E-state index >= 15 is 0 Å². The van der Waals surface area contributed by atoms with Crippen LogP contribution in [0.25, 0.3) is 11.2 Å². The van der Waals surface area contributed by atoms with Crippen molar-refractivity contribution >= 4 is 16.9 Å². The molecule has 0 bridgehead atoms. The van der Waals surface area contributed by atoms with Crippen LogP contribution in [0.2, 0.25) is 0 Å². The number of ketones is 1. The second-order valence-electron chi connectivity index (χ2n) is 5.92. The van der Waals surface area contributed by atoms with Crippen molar-refractivity contribution in [2.75, 3.05) is 0 Å². The summed E-state index contributed by atoms with van der Waals surface area (Å²) in [5.41, 5.74) is 4.60. The Hall–Kier alpha value is -3.34. The van der Waals surface area contributed by atoms with E-state index in [0.29, 0.717) is 23.4 Å². The zero-order chi connectivity index (χ0) is 17.2. The van der Waals surface area contributed by atoms with Gasteiger partial charge in [-0.05, 0) is 31.2 Å². The first-order valence-corrected chi connectivity index (χ1v) is 8.04. The summed E-state index contributed by atoms with van der Waals surface area (Å²) >= 11 is 0. The summed E-state index contributed by atoms with van der Waals surface area (Å²) in [6, 6.07) is 15.0. The van der Waals surface area contributed by atoms with E-state index in [1.165, 1.54) is 0 Å². The van der Waals surface area contributed by atoms with E-state index in [9.17, 15) is 4.79 Å². The van der Waals surface area contributed by atoms with Crippen molar-refractivity contribution in [2.24, 2.45) is 0 Å². The topological polar surface area (TPSA) is 60.7 Å². The highest BCUT2D eigenvalue weighted by molar-refractivity contribution is 6.08. The molecule has 0 fully saturated rings. The lowest BCUT2D eigenvalue weighted by molar-refractivity contribution is 0.103. The molecule has 0 amide bonds. The maximum Gasteiger partial charge on any atom is 0.209 e. The van der Waals surface area contributed by atoms with Crippen LogP contribution in [-0.4, -0.2) is 25.3 Å². The number of pyridine rings is 1. The highest BCUT2D eigenvalue weighted by Gasteiger charge is 2.14. The zero-order valence-corrected chi connectivity index (χ0v) is 13.8. The number of carbonyl (C=O) groups is 1. The van der Waals surface area contributed by atoms with Crippen LogP contribution in [0.15, 0.2) is 67.1 Å². The molecule has 25 heavy (non-hydrogen) atoms. The third kappa shape index (κ3) is 3.04. The Bertz CT molecular complexity index is 1050. The van der Waals surface area contributed by atoms with Gasteiger partial charge in [0, 0.05) is 18.0 Å². The van der Waals surface area contributed by atoms with Gasteiger partial charge in [-0.2, -0.15) is 0 Å². The number of hydrogen-bond acceptors (Lipinski definition) is 4. The second kappa shape index (κ2) is 6.28. The van der Waals surface area contributed by atoms with E-state index in [0.717, 1.165) is 16.8 Å². The van der Waals surface area contributed by atoms with Crippen molar-refractivity contribution in [1.29, 1.82) is 0 Å². The Morgan fingerprint density at radius 2 is 1.88 bits per heavy atom. The number of carbonyl (C=O) groups excluding carboxylic acids is 1. The van der Waals surface area contributed by atoms with Gasteiger partial charge in [-0.25, -0.2) is 15.0 Å². The minimum atomic E-state index is 0.000384. The van der Waals surface area contributed by atoms with Gasteiger partial charge in [0.2, 0.25) is 5.78 Å². The predicted octanol–water partition coefficient (Wildman–Crippen LogP) is 3.41. The van der Waals surface area contributed by atoms with Gasteiger partial charge in [-0.15, -0.1) is 0 Å². The van der Waals surface area contributed by atoms with E-state index in [-0.39, 0.29) is 5.78 Å². The monoisotopic (exact) mass is 328 g/mol. The second-order valence-corrected chi connectivity index (χ2v) is 5.92. The molecule has 0 saturated heterocycles. The van der Waals surface area contributed by atoms with E-state index in [4.69, 9.17) is 0 Å². The first kappa shape index (κ1) is 15.2. The number of hydrogen-bond donors (Lipinski definition) is 0. The summed E-state index contributed by atoms with van der Waals surface area (Å²) in [4.78, 5) is 25.9. The Balaban J connectivity index is 1.64. The fourth-order valence-electron chi connectivity index (χ4n) is 2.76. The average Bonchev–Trinajstić information content (AvgIpc) is 3.10. The fourth-order valence-corrected chi connectivity index (χ4v) is 2.76. The Labute approximate surface area is 145 Å². The standard InChI is InChI=1S/C20H16N4O/c1-14-6-8-15(9-7-14)19(25)18-5-3-11-24(18)13-16-12-22-20-17(23-16)4-2-10-21-20/h2-12H,13H2,1H3. The molecular formula is C20H16N4O. The quantitative estimate of drug-likeness (QED) is 0.539. The van der Waals surface area contributed by atoms with Gasteiger partial charge in [-0.3, -0.25) is 4.79 Å². The Morgan fingerprint density at radius 3 is 2.72 bits per heavy atom. The summed E-state index contributed by atoms with van der Waals surface area (Å²) < 4.78 is 1.90. The molecule has 0 aliphatic carbocycles. The van der Waals surface area contributed by atoms with E-state index in [2.05, 4.69) is 15.0 Å². The van der Waals surface area contributed by atoms with Crippen LogP contribution in [0.1, 0.15) is 27.3 Å². The van der Waals surface area contributed by atoms with E-state index in [1.807, 2.05) is 66.2 Å². The molecule has 3 aromatic heterocycles. The Kier molecular flexibility index (Phi) is 3.82. The van der Waals surface area contributed by atoms with Gasteiger partial charge in [0.1, 0.15) is 5.52 Å². The number of aryl methyl sites for hydroxylation is 1. The van der Waals surface area contributed by atoms with E-state index < -0.39 is 0 Å². The first-order chi connectivity index (χ1) is 12.2.